The number of hydrogen-bond acceptors (Lipinski definition) is 8. The molecular formula is C21H32FN7O2SSi. The predicted octanol–water partition coefficient (Wildman–Crippen LogP) is 4.33. The van der Waals surface area contributed by atoms with Gasteiger partial charge in [0, 0.05) is 7.05 Å². The van der Waals surface area contributed by atoms with Crippen molar-refractivity contribution in [3.8, 4) is 0 Å². The van der Waals surface area contributed by atoms with Crippen molar-refractivity contribution < 1.29 is 13.6 Å². The molecule has 0 aliphatic carbocycles. The highest BCUT2D eigenvalue weighted by molar-refractivity contribution is 7.99. The molecule has 0 spiro atoms. The molecule has 0 amide bonds. The van der Waals surface area contributed by atoms with E-state index in [2.05, 4.69) is 48.8 Å². The van der Waals surface area contributed by atoms with E-state index in [0.717, 1.165) is 5.03 Å². The Morgan fingerprint density at radius 1 is 1.30 bits per heavy atom. The van der Waals surface area contributed by atoms with E-state index < -0.39 is 26.8 Å². The molecular weight excluding hydrogens is 461 g/mol. The van der Waals surface area contributed by atoms with Gasteiger partial charge in [0.1, 0.15) is 28.3 Å². The molecule has 33 heavy (non-hydrogen) atoms. The van der Waals surface area contributed by atoms with Crippen LogP contribution in [0.2, 0.25) is 18.1 Å². The van der Waals surface area contributed by atoms with Crippen LogP contribution in [0.1, 0.15) is 40.3 Å². The number of nitrogens with zero attached hydrogens (tertiary/aromatic N) is 6. The summed E-state index contributed by atoms with van der Waals surface area (Å²) in [4.78, 5) is 12.7. The number of aryl methyl sites for hydroxylation is 1. The van der Waals surface area contributed by atoms with Gasteiger partial charge in [0.15, 0.2) is 26.4 Å². The zero-order valence-electron chi connectivity index (χ0n) is 20.1. The Morgan fingerprint density at radius 2 is 2.03 bits per heavy atom. The number of hydrogen-bond donors (Lipinski definition) is 1. The fraction of sp³-hybridized carbons (Fsp3) is 0.619. The second-order valence-corrected chi connectivity index (χ2v) is 15.7. The first-order valence-electron chi connectivity index (χ1n) is 11.0. The van der Waals surface area contributed by atoms with Crippen molar-refractivity contribution in [2.75, 3.05) is 5.73 Å². The molecule has 1 aliphatic rings. The fourth-order valence-corrected chi connectivity index (χ4v) is 5.88. The fourth-order valence-electron chi connectivity index (χ4n) is 3.63. The van der Waals surface area contributed by atoms with Crippen LogP contribution >= 0.6 is 11.8 Å². The average Bonchev–Trinajstić information content (AvgIpc) is 3.39. The van der Waals surface area contributed by atoms with Gasteiger partial charge >= 0.3 is 0 Å². The summed E-state index contributed by atoms with van der Waals surface area (Å²) in [5, 5.41) is 6.65. The van der Waals surface area contributed by atoms with Gasteiger partial charge in [-0.15, -0.1) is 0 Å². The lowest BCUT2D eigenvalue weighted by Gasteiger charge is -2.39. The summed E-state index contributed by atoms with van der Waals surface area (Å²) >= 11 is 1.37. The largest absolute Gasteiger partial charge is 0.408 e. The lowest BCUT2D eigenvalue weighted by molar-refractivity contribution is -0.0296. The second kappa shape index (κ2) is 8.64. The van der Waals surface area contributed by atoms with Gasteiger partial charge in [-0.3, -0.25) is 0 Å². The van der Waals surface area contributed by atoms with E-state index in [1.807, 2.05) is 18.5 Å². The predicted molar refractivity (Wildman–Crippen MR) is 128 cm³/mol. The average molecular weight is 494 g/mol. The standard InChI is InChI=1S/C21H32FN7O2SSi/c1-8-12-16(31-33(6,7)21(2,3)4)15(22)20(30-12)29-18-14(17(23)25-10-26-18)19(27-29)32-13-9-24-11-28(13)5/h9-12,15-16,20H,8H2,1-7H3,(H2,23,25,26)/t12-,15+,16-,20-/m1/s1. The monoisotopic (exact) mass is 493 g/mol. The third-order valence-corrected chi connectivity index (χ3v) is 12.2. The van der Waals surface area contributed by atoms with Gasteiger partial charge in [0.05, 0.1) is 24.0 Å². The molecule has 4 heterocycles. The van der Waals surface area contributed by atoms with Crippen LogP contribution in [0.4, 0.5) is 10.2 Å². The Morgan fingerprint density at radius 3 is 2.64 bits per heavy atom. The second-order valence-electron chi connectivity index (χ2n) is 9.91. The maximum absolute atomic E-state index is 16.0. The number of ether oxygens (including phenoxy) is 1. The molecule has 0 unspecified atom stereocenters. The number of fused-ring (bicyclic) bond motifs is 1. The van der Waals surface area contributed by atoms with Crippen molar-refractivity contribution in [1.29, 1.82) is 0 Å². The molecule has 1 aliphatic heterocycles. The van der Waals surface area contributed by atoms with Gasteiger partial charge in [-0.25, -0.2) is 24.0 Å². The molecule has 180 valence electrons. The van der Waals surface area contributed by atoms with E-state index in [4.69, 9.17) is 20.0 Å². The lowest BCUT2D eigenvalue weighted by atomic mass is 10.1. The Bertz CT molecular complexity index is 1150. The summed E-state index contributed by atoms with van der Waals surface area (Å²) in [6, 6.07) is 0. The summed E-state index contributed by atoms with van der Waals surface area (Å²) < 4.78 is 32.0. The minimum Gasteiger partial charge on any atom is -0.408 e. The SMILES string of the molecule is CC[C@H]1O[C@@H](n2nc(Sc3cncn3C)c3c(N)ncnc32)[C@@H](F)[C@@H]1O[Si](C)(C)C(C)(C)C. The first kappa shape index (κ1) is 24.1. The van der Waals surface area contributed by atoms with Crippen LogP contribution in [0.5, 0.6) is 0 Å². The molecule has 0 radical (unpaired) electrons. The summed E-state index contributed by atoms with van der Waals surface area (Å²) in [6.07, 6.45) is 1.99. The first-order valence-corrected chi connectivity index (χ1v) is 14.8. The molecule has 12 heteroatoms. The van der Waals surface area contributed by atoms with E-state index >= 15 is 4.39 Å². The number of anilines is 1. The Balaban J connectivity index is 1.73. The highest BCUT2D eigenvalue weighted by atomic mass is 32.2. The van der Waals surface area contributed by atoms with Crippen molar-refractivity contribution in [1.82, 2.24) is 29.3 Å². The number of nitrogen functional groups attached to an aromatic ring is 1. The Labute approximate surface area is 198 Å². The third-order valence-electron chi connectivity index (χ3n) is 6.61. The first-order chi connectivity index (χ1) is 15.4. The van der Waals surface area contributed by atoms with E-state index in [9.17, 15) is 0 Å². The van der Waals surface area contributed by atoms with Crippen molar-refractivity contribution in [2.24, 2.45) is 7.05 Å². The van der Waals surface area contributed by atoms with Gasteiger partial charge < -0.3 is 19.5 Å². The Kier molecular flexibility index (Phi) is 6.31. The van der Waals surface area contributed by atoms with Crippen molar-refractivity contribution in [3.63, 3.8) is 0 Å². The van der Waals surface area contributed by atoms with E-state index in [-0.39, 0.29) is 17.0 Å². The lowest BCUT2D eigenvalue weighted by Crippen LogP contribution is -2.48. The van der Waals surface area contributed by atoms with Gasteiger partial charge in [0.2, 0.25) is 0 Å². The number of aromatic nitrogens is 6. The topological polar surface area (TPSA) is 106 Å². The number of imidazole rings is 1. The molecule has 1 saturated heterocycles. The van der Waals surface area contributed by atoms with Crippen LogP contribution in [0, 0.1) is 0 Å². The van der Waals surface area contributed by atoms with E-state index in [1.54, 1.807) is 12.5 Å². The molecule has 9 nitrogen and oxygen atoms in total. The van der Waals surface area contributed by atoms with Crippen LogP contribution in [0.15, 0.2) is 28.9 Å². The number of halogens is 1. The quantitative estimate of drug-likeness (QED) is 0.506. The zero-order chi connectivity index (χ0) is 24.1. The molecule has 2 N–H and O–H groups in total. The molecule has 3 aromatic heterocycles. The zero-order valence-corrected chi connectivity index (χ0v) is 21.9. The van der Waals surface area contributed by atoms with E-state index in [1.165, 1.54) is 22.8 Å². The van der Waals surface area contributed by atoms with E-state index in [0.29, 0.717) is 22.5 Å². The molecule has 0 bridgehead atoms. The van der Waals surface area contributed by atoms with Crippen LogP contribution in [-0.2, 0) is 16.2 Å². The smallest absolute Gasteiger partial charge is 0.192 e. The van der Waals surface area contributed by atoms with Crippen molar-refractivity contribution in [2.45, 2.75) is 86.9 Å². The van der Waals surface area contributed by atoms with Crippen LogP contribution in [0.3, 0.4) is 0 Å². The Hall–Kier alpha value is -2.02. The molecule has 4 rings (SSSR count). The number of alkyl halides is 1. The summed E-state index contributed by atoms with van der Waals surface area (Å²) in [5.41, 5.74) is 6.62. The van der Waals surface area contributed by atoms with Crippen molar-refractivity contribution in [3.05, 3.63) is 18.9 Å². The summed E-state index contributed by atoms with van der Waals surface area (Å²) in [5.74, 6) is 0.283. The molecule has 1 fully saturated rings. The van der Waals surface area contributed by atoms with Gasteiger partial charge in [-0.2, -0.15) is 5.10 Å². The van der Waals surface area contributed by atoms with Crippen LogP contribution < -0.4 is 5.73 Å². The van der Waals surface area contributed by atoms with Gasteiger partial charge in [-0.05, 0) is 36.3 Å². The number of nitrogens with two attached hydrogens (primary N) is 1. The minimum atomic E-state index is -2.22. The van der Waals surface area contributed by atoms with Crippen LogP contribution in [-0.4, -0.2) is 56.0 Å². The van der Waals surface area contributed by atoms with Gasteiger partial charge in [-0.1, -0.05) is 27.7 Å². The number of rotatable bonds is 6. The highest BCUT2D eigenvalue weighted by Gasteiger charge is 2.51. The molecule has 0 aromatic carbocycles. The maximum Gasteiger partial charge on any atom is 0.192 e. The van der Waals surface area contributed by atoms with Gasteiger partial charge in [0.25, 0.3) is 0 Å². The normalized spacial score (nSPS) is 24.1. The molecule has 3 aromatic rings. The summed E-state index contributed by atoms with van der Waals surface area (Å²) in [6.45, 7) is 12.7. The van der Waals surface area contributed by atoms with Crippen LogP contribution in [0.25, 0.3) is 11.0 Å². The molecule has 0 saturated carbocycles. The minimum absolute atomic E-state index is 0.0456. The summed E-state index contributed by atoms with van der Waals surface area (Å²) in [7, 11) is -0.327. The highest BCUT2D eigenvalue weighted by Crippen LogP contribution is 2.44. The third kappa shape index (κ3) is 4.29. The van der Waals surface area contributed by atoms with Crippen molar-refractivity contribution >= 4 is 36.9 Å². The molecule has 4 atom stereocenters. The maximum atomic E-state index is 16.0.